The molecule has 0 spiro atoms. The van der Waals surface area contributed by atoms with Crippen molar-refractivity contribution in [3.05, 3.63) is 0 Å². The predicted molar refractivity (Wildman–Crippen MR) is 75.4 cm³/mol. The average Bonchev–Trinajstić information content (AvgIpc) is 2.73. The molecular weight excluding hydrogens is 210 g/mol. The summed E-state index contributed by atoms with van der Waals surface area (Å²) in [6.07, 6.45) is 1.38. The van der Waals surface area contributed by atoms with Gasteiger partial charge in [-0.25, -0.2) is 0 Å². The van der Waals surface area contributed by atoms with E-state index in [1.807, 2.05) is 0 Å². The Bertz CT molecular complexity index is 194. The number of hydrogen-bond donors (Lipinski definition) is 1. The lowest BCUT2D eigenvalue weighted by Gasteiger charge is -2.20. The van der Waals surface area contributed by atoms with Crippen LogP contribution < -0.4 is 5.32 Å². The highest BCUT2D eigenvalue weighted by atomic mass is 15.2. The van der Waals surface area contributed by atoms with E-state index in [1.165, 1.54) is 39.1 Å². The molecule has 1 N–H and O–H groups in total. The smallest absolute Gasteiger partial charge is 0.0109 e. The Morgan fingerprint density at radius 1 is 1.41 bits per heavy atom. The van der Waals surface area contributed by atoms with E-state index in [1.54, 1.807) is 0 Å². The maximum atomic E-state index is 3.59. The van der Waals surface area contributed by atoms with Gasteiger partial charge in [-0.05, 0) is 51.5 Å². The van der Waals surface area contributed by atoms with Gasteiger partial charge in [0.25, 0.3) is 0 Å². The van der Waals surface area contributed by atoms with E-state index in [0.717, 1.165) is 24.9 Å². The molecule has 0 aromatic rings. The number of rotatable bonds is 8. The van der Waals surface area contributed by atoms with Crippen LogP contribution in [0.5, 0.6) is 0 Å². The van der Waals surface area contributed by atoms with E-state index in [4.69, 9.17) is 0 Å². The van der Waals surface area contributed by atoms with Crippen molar-refractivity contribution in [3.63, 3.8) is 0 Å². The van der Waals surface area contributed by atoms with Gasteiger partial charge in [-0.3, -0.25) is 0 Å². The fourth-order valence-electron chi connectivity index (χ4n) is 2.33. The predicted octanol–water partition coefficient (Wildman–Crippen LogP) is 1.51. The molecule has 0 saturated carbocycles. The Hall–Kier alpha value is -0.120. The molecule has 0 bridgehead atoms. The van der Waals surface area contributed by atoms with Crippen LogP contribution in [0.2, 0.25) is 0 Å². The zero-order valence-corrected chi connectivity index (χ0v) is 12.2. The van der Waals surface area contributed by atoms with Crippen LogP contribution >= 0.6 is 0 Å². The van der Waals surface area contributed by atoms with E-state index < -0.39 is 0 Å². The SMILES string of the molecule is CCN(C)CCN1CCC(CNCC(C)C)C1. The summed E-state index contributed by atoms with van der Waals surface area (Å²) in [7, 11) is 2.21. The number of hydrogen-bond acceptors (Lipinski definition) is 3. The van der Waals surface area contributed by atoms with Crippen molar-refractivity contribution in [1.82, 2.24) is 15.1 Å². The van der Waals surface area contributed by atoms with E-state index in [2.05, 4.69) is 42.9 Å². The van der Waals surface area contributed by atoms with Crippen LogP contribution in [0, 0.1) is 11.8 Å². The van der Waals surface area contributed by atoms with Gasteiger partial charge in [-0.1, -0.05) is 20.8 Å². The fourth-order valence-corrected chi connectivity index (χ4v) is 2.33. The maximum absolute atomic E-state index is 3.59. The summed E-state index contributed by atoms with van der Waals surface area (Å²) in [5, 5.41) is 3.59. The number of likely N-dealkylation sites (tertiary alicyclic amines) is 1. The average molecular weight is 241 g/mol. The highest BCUT2D eigenvalue weighted by Gasteiger charge is 2.21. The van der Waals surface area contributed by atoms with Crippen LogP contribution in [0.15, 0.2) is 0 Å². The van der Waals surface area contributed by atoms with Crippen molar-refractivity contribution in [2.24, 2.45) is 11.8 Å². The van der Waals surface area contributed by atoms with Gasteiger partial charge < -0.3 is 15.1 Å². The van der Waals surface area contributed by atoms with Gasteiger partial charge >= 0.3 is 0 Å². The summed E-state index contributed by atoms with van der Waals surface area (Å²) in [5.41, 5.74) is 0. The third-order valence-electron chi connectivity index (χ3n) is 3.69. The molecule has 3 heteroatoms. The summed E-state index contributed by atoms with van der Waals surface area (Å²) < 4.78 is 0. The molecule has 0 amide bonds. The normalized spacial score (nSPS) is 21.9. The lowest BCUT2D eigenvalue weighted by molar-refractivity contribution is 0.257. The maximum Gasteiger partial charge on any atom is 0.0109 e. The van der Waals surface area contributed by atoms with Crippen molar-refractivity contribution >= 4 is 0 Å². The summed E-state index contributed by atoms with van der Waals surface area (Å²) in [4.78, 5) is 5.01. The standard InChI is InChI=1S/C14H31N3/c1-5-16(4)8-9-17-7-6-14(12-17)11-15-10-13(2)3/h13-15H,5-12H2,1-4H3. The van der Waals surface area contributed by atoms with E-state index in [9.17, 15) is 0 Å². The minimum Gasteiger partial charge on any atom is -0.316 e. The molecule has 1 rings (SSSR count). The van der Waals surface area contributed by atoms with Crippen molar-refractivity contribution in [3.8, 4) is 0 Å². The Labute approximate surface area is 108 Å². The van der Waals surface area contributed by atoms with Crippen LogP contribution in [-0.4, -0.2) is 62.7 Å². The monoisotopic (exact) mass is 241 g/mol. The van der Waals surface area contributed by atoms with Crippen molar-refractivity contribution < 1.29 is 0 Å². The van der Waals surface area contributed by atoms with E-state index >= 15 is 0 Å². The lowest BCUT2D eigenvalue weighted by atomic mass is 10.1. The first kappa shape index (κ1) is 14.9. The molecule has 102 valence electrons. The van der Waals surface area contributed by atoms with Gasteiger partial charge in [-0.2, -0.15) is 0 Å². The Balaban J connectivity index is 2.06. The summed E-state index contributed by atoms with van der Waals surface area (Å²) in [5.74, 6) is 1.64. The Morgan fingerprint density at radius 3 is 2.82 bits per heavy atom. The van der Waals surface area contributed by atoms with Gasteiger partial charge in [0.2, 0.25) is 0 Å². The van der Waals surface area contributed by atoms with E-state index in [0.29, 0.717) is 0 Å². The molecule has 1 unspecified atom stereocenters. The lowest BCUT2D eigenvalue weighted by Crippen LogP contribution is -2.33. The third-order valence-corrected chi connectivity index (χ3v) is 3.69. The first-order chi connectivity index (χ1) is 8.11. The first-order valence-electron chi connectivity index (χ1n) is 7.23. The molecule has 3 nitrogen and oxygen atoms in total. The Kier molecular flexibility index (Phi) is 7.09. The highest BCUT2D eigenvalue weighted by molar-refractivity contribution is 4.77. The van der Waals surface area contributed by atoms with Gasteiger partial charge in [0, 0.05) is 19.6 Å². The second kappa shape index (κ2) is 8.06. The van der Waals surface area contributed by atoms with E-state index in [-0.39, 0.29) is 0 Å². The van der Waals surface area contributed by atoms with Crippen molar-refractivity contribution in [2.75, 3.05) is 52.9 Å². The summed E-state index contributed by atoms with van der Waals surface area (Å²) >= 11 is 0. The second-order valence-corrected chi connectivity index (χ2v) is 5.90. The first-order valence-corrected chi connectivity index (χ1v) is 7.23. The molecule has 1 aliphatic rings. The molecule has 0 aromatic carbocycles. The molecule has 1 fully saturated rings. The van der Waals surface area contributed by atoms with Gasteiger partial charge in [-0.15, -0.1) is 0 Å². The zero-order valence-electron chi connectivity index (χ0n) is 12.2. The van der Waals surface area contributed by atoms with Gasteiger partial charge in [0.1, 0.15) is 0 Å². The summed E-state index contributed by atoms with van der Waals surface area (Å²) in [6.45, 7) is 15.3. The molecule has 17 heavy (non-hydrogen) atoms. The quantitative estimate of drug-likeness (QED) is 0.695. The van der Waals surface area contributed by atoms with Crippen LogP contribution in [0.3, 0.4) is 0 Å². The van der Waals surface area contributed by atoms with Crippen LogP contribution in [0.4, 0.5) is 0 Å². The second-order valence-electron chi connectivity index (χ2n) is 5.90. The summed E-state index contributed by atoms with van der Waals surface area (Å²) in [6, 6.07) is 0. The molecule has 0 radical (unpaired) electrons. The zero-order chi connectivity index (χ0) is 12.7. The van der Waals surface area contributed by atoms with Crippen LogP contribution in [0.25, 0.3) is 0 Å². The minimum absolute atomic E-state index is 0.769. The molecule has 1 aliphatic heterocycles. The number of nitrogens with one attached hydrogen (secondary N) is 1. The third kappa shape index (κ3) is 6.39. The minimum atomic E-state index is 0.769. The molecule has 0 aromatic heterocycles. The van der Waals surface area contributed by atoms with Crippen molar-refractivity contribution in [2.45, 2.75) is 27.2 Å². The molecule has 1 saturated heterocycles. The molecule has 1 heterocycles. The molecule has 1 atom stereocenters. The van der Waals surface area contributed by atoms with Gasteiger partial charge in [0.05, 0.1) is 0 Å². The Morgan fingerprint density at radius 2 is 2.18 bits per heavy atom. The number of likely N-dealkylation sites (N-methyl/N-ethyl adjacent to an activating group) is 1. The largest absolute Gasteiger partial charge is 0.316 e. The highest BCUT2D eigenvalue weighted by Crippen LogP contribution is 2.14. The fraction of sp³-hybridized carbons (Fsp3) is 1.00. The molecular formula is C14H31N3. The molecule has 0 aliphatic carbocycles. The topological polar surface area (TPSA) is 18.5 Å². The van der Waals surface area contributed by atoms with Crippen LogP contribution in [0.1, 0.15) is 27.2 Å². The van der Waals surface area contributed by atoms with Crippen LogP contribution in [-0.2, 0) is 0 Å². The number of nitrogens with zero attached hydrogens (tertiary/aromatic N) is 2. The van der Waals surface area contributed by atoms with Gasteiger partial charge in [0.15, 0.2) is 0 Å². The van der Waals surface area contributed by atoms with Crippen molar-refractivity contribution in [1.29, 1.82) is 0 Å².